The highest BCUT2D eigenvalue weighted by Gasteiger charge is 2.35. The summed E-state index contributed by atoms with van der Waals surface area (Å²) in [5.74, 6) is -0.658. The predicted molar refractivity (Wildman–Crippen MR) is 142 cm³/mol. The zero-order chi connectivity index (χ0) is 27.7. The maximum atomic E-state index is 13.6. The van der Waals surface area contributed by atoms with Crippen molar-refractivity contribution in [2.24, 2.45) is 0 Å². The number of nitrogens with zero attached hydrogens (tertiary/aromatic N) is 1. The van der Waals surface area contributed by atoms with E-state index in [-0.39, 0.29) is 10.6 Å². The molecule has 0 radical (unpaired) electrons. The highest BCUT2D eigenvalue weighted by atomic mass is 35.5. The maximum Gasteiger partial charge on any atom is 0.417 e. The molecule has 1 aliphatic rings. The fourth-order valence-electron chi connectivity index (χ4n) is 4.56. The van der Waals surface area contributed by atoms with Crippen molar-refractivity contribution in [3.63, 3.8) is 0 Å². The Hall–Kier alpha value is -3.04. The molecule has 1 amide bonds. The summed E-state index contributed by atoms with van der Waals surface area (Å²) in [6.45, 7) is 2.84. The number of halogens is 4. The number of aryl methyl sites for hydroxylation is 3. The molecule has 5 nitrogen and oxygen atoms in total. The first kappa shape index (κ1) is 28.0. The van der Waals surface area contributed by atoms with Gasteiger partial charge in [0.2, 0.25) is 5.91 Å². The van der Waals surface area contributed by atoms with Crippen molar-refractivity contribution in [2.75, 3.05) is 10.8 Å². The molecule has 0 bridgehead atoms. The molecule has 1 N–H and O–H groups in total. The fraction of sp³-hybridized carbons (Fsp3) is 0.321. The van der Waals surface area contributed by atoms with Gasteiger partial charge in [0.15, 0.2) is 0 Å². The van der Waals surface area contributed by atoms with Crippen LogP contribution in [0.1, 0.15) is 53.6 Å². The Morgan fingerprint density at radius 3 is 2.32 bits per heavy atom. The van der Waals surface area contributed by atoms with Gasteiger partial charge in [-0.15, -0.1) is 0 Å². The molecule has 1 aliphatic carbocycles. The SMILES string of the molecule is Cc1ccc(S(=O)(=O)N(CC(=O)N[C@@H](C)c2ccc3c(c2)CCCC3)c2ccc(Cl)c(C(F)(F)F)c2)cc1. The van der Waals surface area contributed by atoms with Gasteiger partial charge in [0.1, 0.15) is 6.54 Å². The van der Waals surface area contributed by atoms with Crippen molar-refractivity contribution >= 4 is 33.2 Å². The van der Waals surface area contributed by atoms with E-state index in [0.717, 1.165) is 48.9 Å². The first-order chi connectivity index (χ1) is 17.9. The van der Waals surface area contributed by atoms with Gasteiger partial charge in [-0.25, -0.2) is 8.42 Å². The first-order valence-electron chi connectivity index (χ1n) is 12.2. The molecule has 0 aromatic heterocycles. The van der Waals surface area contributed by atoms with Gasteiger partial charge < -0.3 is 5.32 Å². The lowest BCUT2D eigenvalue weighted by molar-refractivity contribution is -0.137. The van der Waals surface area contributed by atoms with E-state index in [1.807, 2.05) is 12.1 Å². The van der Waals surface area contributed by atoms with Crippen LogP contribution in [0.25, 0.3) is 0 Å². The van der Waals surface area contributed by atoms with Gasteiger partial charge in [0, 0.05) is 0 Å². The summed E-state index contributed by atoms with van der Waals surface area (Å²) >= 11 is 5.76. The number of alkyl halides is 3. The van der Waals surface area contributed by atoms with Crippen LogP contribution in [0, 0.1) is 6.92 Å². The third-order valence-corrected chi connectivity index (χ3v) is 8.81. The largest absolute Gasteiger partial charge is 0.417 e. The summed E-state index contributed by atoms with van der Waals surface area (Å²) in [6.07, 6.45) is -0.585. The Kier molecular flexibility index (Phi) is 8.09. The van der Waals surface area contributed by atoms with Gasteiger partial charge in [-0.1, -0.05) is 47.5 Å². The molecule has 3 aromatic carbocycles. The minimum atomic E-state index is -4.81. The average Bonchev–Trinajstić information content (AvgIpc) is 2.87. The monoisotopic (exact) mass is 564 g/mol. The standard InChI is InChI=1S/C28H28ClF3N2O3S/c1-18-7-12-24(13-8-18)38(36,37)34(23-11-14-26(29)25(16-23)28(30,31)32)17-27(35)33-19(2)21-10-9-20-5-3-4-6-22(20)15-21/h7-16,19H,3-6,17H2,1-2H3,(H,33,35)/t19-/m0/s1. The molecule has 0 heterocycles. The summed E-state index contributed by atoms with van der Waals surface area (Å²) in [4.78, 5) is 13.0. The zero-order valence-corrected chi connectivity index (χ0v) is 22.6. The molecule has 0 fully saturated rings. The van der Waals surface area contributed by atoms with E-state index in [9.17, 15) is 26.4 Å². The topological polar surface area (TPSA) is 66.5 Å². The Balaban J connectivity index is 1.65. The van der Waals surface area contributed by atoms with Crippen LogP contribution >= 0.6 is 11.6 Å². The van der Waals surface area contributed by atoms with E-state index in [1.165, 1.54) is 23.3 Å². The van der Waals surface area contributed by atoms with Gasteiger partial charge in [0.05, 0.1) is 27.2 Å². The van der Waals surface area contributed by atoms with E-state index >= 15 is 0 Å². The molecule has 0 aliphatic heterocycles. The number of carbonyl (C=O) groups is 1. The quantitative estimate of drug-likeness (QED) is 0.351. The molecule has 38 heavy (non-hydrogen) atoms. The Morgan fingerprint density at radius 2 is 1.66 bits per heavy atom. The molecule has 0 spiro atoms. The first-order valence-corrected chi connectivity index (χ1v) is 14.1. The summed E-state index contributed by atoms with van der Waals surface area (Å²) < 4.78 is 68.5. The molecule has 3 aromatic rings. The van der Waals surface area contributed by atoms with Gasteiger partial charge in [-0.05, 0) is 86.6 Å². The Morgan fingerprint density at radius 1 is 1.00 bits per heavy atom. The van der Waals surface area contributed by atoms with Crippen LogP contribution in [0.4, 0.5) is 18.9 Å². The Bertz CT molecular complexity index is 1440. The number of anilines is 1. The molecular weight excluding hydrogens is 537 g/mol. The van der Waals surface area contributed by atoms with Crippen molar-refractivity contribution in [2.45, 2.75) is 56.6 Å². The number of hydrogen-bond acceptors (Lipinski definition) is 3. The number of fused-ring (bicyclic) bond motifs is 1. The molecule has 0 unspecified atom stereocenters. The molecule has 202 valence electrons. The predicted octanol–water partition coefficient (Wildman–Crippen LogP) is 6.62. The van der Waals surface area contributed by atoms with Crippen LogP contribution in [0.15, 0.2) is 65.6 Å². The number of carbonyl (C=O) groups excluding carboxylic acids is 1. The lowest BCUT2D eigenvalue weighted by atomic mass is 9.89. The van der Waals surface area contributed by atoms with Crippen LogP contribution in [0.3, 0.4) is 0 Å². The third-order valence-electron chi connectivity index (χ3n) is 6.69. The average molecular weight is 565 g/mol. The van der Waals surface area contributed by atoms with Crippen molar-refractivity contribution < 1.29 is 26.4 Å². The number of amides is 1. The highest BCUT2D eigenvalue weighted by molar-refractivity contribution is 7.92. The molecule has 0 saturated carbocycles. The number of nitrogens with one attached hydrogen (secondary N) is 1. The van der Waals surface area contributed by atoms with Gasteiger partial charge in [-0.2, -0.15) is 13.2 Å². The van der Waals surface area contributed by atoms with E-state index in [0.29, 0.717) is 10.4 Å². The molecule has 10 heteroatoms. The van der Waals surface area contributed by atoms with Crippen LogP contribution in [-0.4, -0.2) is 20.9 Å². The second-order valence-corrected chi connectivity index (χ2v) is 11.8. The second kappa shape index (κ2) is 11.0. The maximum absolute atomic E-state index is 13.6. The second-order valence-electron chi connectivity index (χ2n) is 9.51. The fourth-order valence-corrected chi connectivity index (χ4v) is 6.20. The number of sulfonamides is 1. The minimum absolute atomic E-state index is 0.151. The number of benzene rings is 3. The lowest BCUT2D eigenvalue weighted by Crippen LogP contribution is -2.41. The summed E-state index contributed by atoms with van der Waals surface area (Å²) in [7, 11) is -4.39. The highest BCUT2D eigenvalue weighted by Crippen LogP contribution is 2.38. The number of rotatable bonds is 7. The van der Waals surface area contributed by atoms with Gasteiger partial charge in [-0.3, -0.25) is 9.10 Å². The van der Waals surface area contributed by atoms with Crippen LogP contribution in [0.5, 0.6) is 0 Å². The summed E-state index contributed by atoms with van der Waals surface area (Å²) in [5.41, 5.74) is 2.69. The summed E-state index contributed by atoms with van der Waals surface area (Å²) in [5, 5.41) is 2.23. The number of hydrogen-bond donors (Lipinski definition) is 1. The summed E-state index contributed by atoms with van der Waals surface area (Å²) in [6, 6.07) is 14.2. The molecular formula is C28H28ClF3N2O3S. The van der Waals surface area contributed by atoms with E-state index in [1.54, 1.807) is 26.0 Å². The van der Waals surface area contributed by atoms with Crippen LogP contribution in [-0.2, 0) is 33.8 Å². The van der Waals surface area contributed by atoms with Gasteiger partial charge in [0.25, 0.3) is 10.0 Å². The minimum Gasteiger partial charge on any atom is -0.348 e. The third kappa shape index (κ3) is 6.15. The van der Waals surface area contributed by atoms with E-state index in [2.05, 4.69) is 11.4 Å². The molecule has 1 atom stereocenters. The lowest BCUT2D eigenvalue weighted by Gasteiger charge is -2.26. The van der Waals surface area contributed by atoms with Crippen molar-refractivity contribution in [1.82, 2.24) is 5.32 Å². The normalized spacial score (nSPS) is 14.5. The van der Waals surface area contributed by atoms with E-state index in [4.69, 9.17) is 11.6 Å². The van der Waals surface area contributed by atoms with Crippen molar-refractivity contribution in [1.29, 1.82) is 0 Å². The van der Waals surface area contributed by atoms with Crippen molar-refractivity contribution in [3.8, 4) is 0 Å². The van der Waals surface area contributed by atoms with Crippen LogP contribution in [0.2, 0.25) is 5.02 Å². The smallest absolute Gasteiger partial charge is 0.348 e. The zero-order valence-electron chi connectivity index (χ0n) is 21.0. The molecule has 0 saturated heterocycles. The van der Waals surface area contributed by atoms with Crippen molar-refractivity contribution in [3.05, 3.63) is 93.5 Å². The Labute approximate surface area is 225 Å². The van der Waals surface area contributed by atoms with Crippen LogP contribution < -0.4 is 9.62 Å². The molecule has 4 rings (SSSR count). The van der Waals surface area contributed by atoms with E-state index < -0.39 is 45.3 Å². The van der Waals surface area contributed by atoms with Gasteiger partial charge >= 0.3 is 6.18 Å².